The van der Waals surface area contributed by atoms with Crippen molar-refractivity contribution in [2.75, 3.05) is 6.61 Å². The molecule has 1 atom stereocenters. The van der Waals surface area contributed by atoms with E-state index in [1.165, 1.54) is 0 Å². The van der Waals surface area contributed by atoms with Crippen molar-refractivity contribution in [1.82, 2.24) is 5.32 Å². The van der Waals surface area contributed by atoms with Crippen molar-refractivity contribution in [1.29, 1.82) is 0 Å². The first-order chi connectivity index (χ1) is 11.2. The van der Waals surface area contributed by atoms with Gasteiger partial charge in [-0.2, -0.15) is 0 Å². The van der Waals surface area contributed by atoms with Gasteiger partial charge in [0, 0.05) is 6.42 Å². The van der Waals surface area contributed by atoms with Gasteiger partial charge < -0.3 is 19.9 Å². The summed E-state index contributed by atoms with van der Waals surface area (Å²) in [5.74, 6) is -0.416. The largest absolute Gasteiger partial charge is 0.508 e. The number of carbonyl (C=O) groups excluding carboxylic acids is 2. The van der Waals surface area contributed by atoms with Gasteiger partial charge in [0.15, 0.2) is 0 Å². The monoisotopic (exact) mass is 337 g/mol. The van der Waals surface area contributed by atoms with Gasteiger partial charge in [0.25, 0.3) is 0 Å². The molecule has 1 unspecified atom stereocenters. The molecule has 1 aromatic rings. The van der Waals surface area contributed by atoms with Crippen LogP contribution in [0.1, 0.15) is 46.1 Å². The number of esters is 1. The summed E-state index contributed by atoms with van der Waals surface area (Å²) < 4.78 is 10.4. The Bertz CT molecular complexity index is 551. The number of phenols is 1. The predicted octanol–water partition coefficient (Wildman–Crippen LogP) is 3.17. The molecule has 0 aliphatic carbocycles. The Kier molecular flexibility index (Phi) is 7.55. The fourth-order valence-electron chi connectivity index (χ4n) is 1.98. The molecule has 2 N–H and O–H groups in total. The van der Waals surface area contributed by atoms with Gasteiger partial charge >= 0.3 is 12.1 Å². The smallest absolute Gasteiger partial charge is 0.408 e. The lowest BCUT2D eigenvalue weighted by molar-refractivity contribution is -0.146. The van der Waals surface area contributed by atoms with Crippen LogP contribution in [0, 0.1) is 0 Å². The third kappa shape index (κ3) is 7.85. The fourth-order valence-corrected chi connectivity index (χ4v) is 1.98. The van der Waals surface area contributed by atoms with Crippen molar-refractivity contribution in [2.24, 2.45) is 0 Å². The Morgan fingerprint density at radius 2 is 2.00 bits per heavy atom. The van der Waals surface area contributed by atoms with Crippen LogP contribution in [0.5, 0.6) is 5.75 Å². The second-order valence-electron chi connectivity index (χ2n) is 6.59. The molecule has 0 saturated heterocycles. The Labute approximate surface area is 143 Å². The summed E-state index contributed by atoms with van der Waals surface area (Å²) in [4.78, 5) is 24.2. The van der Waals surface area contributed by atoms with Gasteiger partial charge in [0.1, 0.15) is 17.4 Å². The number of ether oxygens (including phenoxy) is 2. The van der Waals surface area contributed by atoms with E-state index in [2.05, 4.69) is 5.32 Å². The van der Waals surface area contributed by atoms with Gasteiger partial charge in [-0.3, -0.25) is 0 Å². The zero-order valence-electron chi connectivity index (χ0n) is 14.8. The summed E-state index contributed by atoms with van der Waals surface area (Å²) in [6.07, 6.45) is 1.19. The first-order valence-electron chi connectivity index (χ1n) is 8.15. The molecule has 6 heteroatoms. The van der Waals surface area contributed by atoms with Crippen LogP contribution in [0.2, 0.25) is 0 Å². The SMILES string of the molecule is CCCCOC(=O)C(Cc1cccc(O)c1)NC(=O)OC(C)(C)C. The highest BCUT2D eigenvalue weighted by atomic mass is 16.6. The van der Waals surface area contributed by atoms with Gasteiger partial charge in [-0.05, 0) is 44.9 Å². The maximum absolute atomic E-state index is 12.3. The minimum atomic E-state index is -0.876. The molecule has 0 fully saturated rings. The summed E-state index contributed by atoms with van der Waals surface area (Å²) >= 11 is 0. The molecule has 134 valence electrons. The molecular formula is C18H27NO5. The molecule has 0 aliphatic rings. The normalized spacial score (nSPS) is 12.3. The van der Waals surface area contributed by atoms with Crippen molar-refractivity contribution in [3.8, 4) is 5.75 Å². The van der Waals surface area contributed by atoms with Crippen LogP contribution < -0.4 is 5.32 Å². The molecular weight excluding hydrogens is 310 g/mol. The molecule has 1 amide bonds. The first-order valence-corrected chi connectivity index (χ1v) is 8.15. The van der Waals surface area contributed by atoms with Crippen LogP contribution in [0.15, 0.2) is 24.3 Å². The van der Waals surface area contributed by atoms with Crippen molar-refractivity contribution in [3.63, 3.8) is 0 Å². The molecule has 0 aliphatic heterocycles. The average molecular weight is 337 g/mol. The molecule has 24 heavy (non-hydrogen) atoms. The number of hydrogen-bond acceptors (Lipinski definition) is 5. The van der Waals surface area contributed by atoms with E-state index in [1.54, 1.807) is 45.0 Å². The van der Waals surface area contributed by atoms with Crippen molar-refractivity contribution in [3.05, 3.63) is 29.8 Å². The molecule has 0 heterocycles. The zero-order chi connectivity index (χ0) is 18.2. The van der Waals surface area contributed by atoms with Crippen LogP contribution in [-0.4, -0.2) is 35.4 Å². The number of rotatable bonds is 7. The Balaban J connectivity index is 2.78. The summed E-state index contributed by atoms with van der Waals surface area (Å²) in [6.45, 7) is 7.54. The van der Waals surface area contributed by atoms with E-state index in [0.717, 1.165) is 12.8 Å². The highest BCUT2D eigenvalue weighted by molar-refractivity contribution is 5.81. The van der Waals surface area contributed by atoms with Crippen LogP contribution >= 0.6 is 0 Å². The van der Waals surface area contributed by atoms with Gasteiger partial charge in [0.2, 0.25) is 0 Å². The number of amides is 1. The number of unbranched alkanes of at least 4 members (excludes halogenated alkanes) is 1. The summed E-state index contributed by atoms with van der Waals surface area (Å²) in [7, 11) is 0. The van der Waals surface area contributed by atoms with Crippen molar-refractivity contribution in [2.45, 2.75) is 58.6 Å². The lowest BCUT2D eigenvalue weighted by Crippen LogP contribution is -2.45. The Morgan fingerprint density at radius 3 is 2.58 bits per heavy atom. The number of phenolic OH excluding ortho intramolecular Hbond substituents is 1. The fraction of sp³-hybridized carbons (Fsp3) is 0.556. The van der Waals surface area contributed by atoms with Crippen LogP contribution in [0.4, 0.5) is 4.79 Å². The molecule has 6 nitrogen and oxygen atoms in total. The van der Waals surface area contributed by atoms with E-state index in [9.17, 15) is 14.7 Å². The summed E-state index contributed by atoms with van der Waals surface area (Å²) in [6, 6.07) is 5.65. The first kappa shape index (κ1) is 19.8. The lowest BCUT2D eigenvalue weighted by Gasteiger charge is -2.23. The molecule has 1 aromatic carbocycles. The topological polar surface area (TPSA) is 84.9 Å². The Morgan fingerprint density at radius 1 is 1.29 bits per heavy atom. The molecule has 0 saturated carbocycles. The number of nitrogens with one attached hydrogen (secondary N) is 1. The minimum Gasteiger partial charge on any atom is -0.508 e. The molecule has 0 bridgehead atoms. The van der Waals surface area contributed by atoms with Gasteiger partial charge in [-0.25, -0.2) is 9.59 Å². The van der Waals surface area contributed by atoms with Crippen LogP contribution in [0.3, 0.4) is 0 Å². The molecule has 0 radical (unpaired) electrons. The van der Waals surface area contributed by atoms with E-state index in [4.69, 9.17) is 9.47 Å². The molecule has 1 rings (SSSR count). The van der Waals surface area contributed by atoms with Gasteiger partial charge in [-0.1, -0.05) is 25.5 Å². The number of hydrogen-bond donors (Lipinski definition) is 2. The average Bonchev–Trinajstić information content (AvgIpc) is 2.44. The van der Waals surface area contributed by atoms with Crippen LogP contribution in [-0.2, 0) is 20.7 Å². The maximum atomic E-state index is 12.3. The second-order valence-corrected chi connectivity index (χ2v) is 6.59. The van der Waals surface area contributed by atoms with E-state index in [-0.39, 0.29) is 12.2 Å². The zero-order valence-corrected chi connectivity index (χ0v) is 14.8. The highest BCUT2D eigenvalue weighted by Gasteiger charge is 2.25. The number of benzene rings is 1. The third-order valence-corrected chi connectivity index (χ3v) is 3.07. The van der Waals surface area contributed by atoms with E-state index < -0.39 is 23.7 Å². The maximum Gasteiger partial charge on any atom is 0.408 e. The van der Waals surface area contributed by atoms with Gasteiger partial charge in [-0.15, -0.1) is 0 Å². The quantitative estimate of drug-likeness (QED) is 0.590. The van der Waals surface area contributed by atoms with Crippen molar-refractivity contribution < 1.29 is 24.2 Å². The number of alkyl carbamates (subject to hydrolysis) is 1. The Hall–Kier alpha value is -2.24. The molecule has 0 aromatic heterocycles. The van der Waals surface area contributed by atoms with Crippen LogP contribution in [0.25, 0.3) is 0 Å². The summed E-state index contributed by atoms with van der Waals surface area (Å²) in [5, 5.41) is 12.1. The van der Waals surface area contributed by atoms with E-state index >= 15 is 0 Å². The second kappa shape index (κ2) is 9.15. The standard InChI is InChI=1S/C18H27NO5/c1-5-6-10-23-16(21)15(19-17(22)24-18(2,3)4)12-13-8-7-9-14(20)11-13/h7-9,11,15,20H,5-6,10,12H2,1-4H3,(H,19,22). The van der Waals surface area contributed by atoms with Gasteiger partial charge in [0.05, 0.1) is 6.61 Å². The summed E-state index contributed by atoms with van der Waals surface area (Å²) in [5.41, 5.74) is 0.0506. The lowest BCUT2D eigenvalue weighted by atomic mass is 10.1. The molecule has 0 spiro atoms. The number of carbonyl (C=O) groups is 2. The minimum absolute atomic E-state index is 0.0999. The number of aromatic hydroxyl groups is 1. The van der Waals surface area contributed by atoms with E-state index in [0.29, 0.717) is 12.2 Å². The third-order valence-electron chi connectivity index (χ3n) is 3.07. The van der Waals surface area contributed by atoms with E-state index in [1.807, 2.05) is 6.92 Å². The van der Waals surface area contributed by atoms with Crippen molar-refractivity contribution >= 4 is 12.1 Å². The highest BCUT2D eigenvalue weighted by Crippen LogP contribution is 2.14. The predicted molar refractivity (Wildman–Crippen MR) is 90.8 cm³/mol.